The third-order valence-electron chi connectivity index (χ3n) is 5.56. The van der Waals surface area contributed by atoms with Gasteiger partial charge in [0.05, 0.1) is 18.2 Å². The van der Waals surface area contributed by atoms with Crippen molar-refractivity contribution in [3.05, 3.63) is 88.1 Å². The SMILES string of the molecule is Cc1nnc(N2C(=O)C(O)=C(C(=O)C=Cc3ccccc3)C2c2cccc(OCCC(C)C)c2)s1. The highest BCUT2D eigenvalue weighted by atomic mass is 32.1. The van der Waals surface area contributed by atoms with E-state index >= 15 is 0 Å². The highest BCUT2D eigenvalue weighted by molar-refractivity contribution is 7.15. The summed E-state index contributed by atoms with van der Waals surface area (Å²) in [7, 11) is 0. The maximum atomic E-state index is 13.3. The Hall–Kier alpha value is -3.78. The number of aliphatic hydroxyl groups is 1. The number of benzene rings is 2. The lowest BCUT2D eigenvalue weighted by atomic mass is 9.95. The van der Waals surface area contributed by atoms with Crippen LogP contribution in [0.3, 0.4) is 0 Å². The van der Waals surface area contributed by atoms with E-state index in [1.165, 1.54) is 22.3 Å². The first-order valence-electron chi connectivity index (χ1n) is 11.4. The Labute approximate surface area is 208 Å². The molecular weight excluding hydrogens is 462 g/mol. The van der Waals surface area contributed by atoms with Gasteiger partial charge >= 0.3 is 0 Å². The van der Waals surface area contributed by atoms with Crippen LogP contribution in [-0.2, 0) is 9.59 Å². The molecule has 1 aliphatic heterocycles. The van der Waals surface area contributed by atoms with Crippen LogP contribution < -0.4 is 9.64 Å². The maximum absolute atomic E-state index is 13.3. The highest BCUT2D eigenvalue weighted by Gasteiger charge is 2.45. The molecule has 1 N–H and O–H groups in total. The van der Waals surface area contributed by atoms with Crippen LogP contribution in [0.2, 0.25) is 0 Å². The van der Waals surface area contributed by atoms with Crippen molar-refractivity contribution in [1.82, 2.24) is 10.2 Å². The molecule has 180 valence electrons. The van der Waals surface area contributed by atoms with Gasteiger partial charge in [-0.3, -0.25) is 14.5 Å². The molecule has 0 spiro atoms. The van der Waals surface area contributed by atoms with Gasteiger partial charge in [0, 0.05) is 0 Å². The Kier molecular flexibility index (Phi) is 7.41. The number of amides is 1. The Morgan fingerprint density at radius 2 is 1.94 bits per heavy atom. The largest absolute Gasteiger partial charge is 0.503 e. The van der Waals surface area contributed by atoms with Crippen LogP contribution in [0.5, 0.6) is 5.75 Å². The van der Waals surface area contributed by atoms with E-state index < -0.39 is 23.5 Å². The van der Waals surface area contributed by atoms with Crippen LogP contribution in [-0.4, -0.2) is 33.6 Å². The third kappa shape index (κ3) is 5.49. The summed E-state index contributed by atoms with van der Waals surface area (Å²) < 4.78 is 5.91. The van der Waals surface area contributed by atoms with E-state index in [0.29, 0.717) is 34.0 Å². The van der Waals surface area contributed by atoms with E-state index in [1.54, 1.807) is 25.1 Å². The zero-order chi connectivity index (χ0) is 24.9. The number of ketones is 1. The summed E-state index contributed by atoms with van der Waals surface area (Å²) in [6, 6.07) is 15.7. The molecule has 0 bridgehead atoms. The van der Waals surface area contributed by atoms with Gasteiger partial charge < -0.3 is 9.84 Å². The second-order valence-corrected chi connectivity index (χ2v) is 9.82. The minimum Gasteiger partial charge on any atom is -0.503 e. The molecule has 1 amide bonds. The number of aromatic nitrogens is 2. The number of nitrogens with zero attached hydrogens (tertiary/aromatic N) is 3. The minimum atomic E-state index is -0.864. The van der Waals surface area contributed by atoms with Gasteiger partial charge in [0.2, 0.25) is 5.13 Å². The lowest BCUT2D eigenvalue weighted by Crippen LogP contribution is -2.30. The molecule has 1 unspecified atom stereocenters. The number of ether oxygens (including phenoxy) is 1. The quantitative estimate of drug-likeness (QED) is 0.402. The average Bonchev–Trinajstić information content (AvgIpc) is 3.38. The number of aliphatic hydroxyl groups excluding tert-OH is 1. The Bertz CT molecular complexity index is 1280. The molecule has 2 aromatic carbocycles. The minimum absolute atomic E-state index is 0.00522. The number of carbonyl (C=O) groups excluding carboxylic acids is 2. The number of anilines is 1. The second kappa shape index (κ2) is 10.7. The van der Waals surface area contributed by atoms with Gasteiger partial charge in [-0.05, 0) is 48.6 Å². The van der Waals surface area contributed by atoms with Crippen LogP contribution in [0.15, 0.2) is 72.0 Å². The molecule has 1 aromatic heterocycles. The van der Waals surface area contributed by atoms with Crippen molar-refractivity contribution in [1.29, 1.82) is 0 Å². The molecule has 0 fully saturated rings. The topological polar surface area (TPSA) is 92.6 Å². The molecule has 8 heteroatoms. The van der Waals surface area contributed by atoms with Crippen LogP contribution in [0.1, 0.15) is 42.4 Å². The van der Waals surface area contributed by atoms with Gasteiger partial charge in [0.15, 0.2) is 11.5 Å². The van der Waals surface area contributed by atoms with Crippen molar-refractivity contribution in [2.75, 3.05) is 11.5 Å². The van der Waals surface area contributed by atoms with Crippen molar-refractivity contribution < 1.29 is 19.4 Å². The molecule has 7 nitrogen and oxygen atoms in total. The predicted molar refractivity (Wildman–Crippen MR) is 136 cm³/mol. The van der Waals surface area contributed by atoms with Crippen molar-refractivity contribution in [3.63, 3.8) is 0 Å². The Morgan fingerprint density at radius 1 is 1.17 bits per heavy atom. The first-order valence-corrected chi connectivity index (χ1v) is 12.2. The van der Waals surface area contributed by atoms with E-state index in [-0.39, 0.29) is 5.57 Å². The van der Waals surface area contributed by atoms with E-state index in [9.17, 15) is 14.7 Å². The smallest absolute Gasteiger partial charge is 0.296 e. The molecule has 35 heavy (non-hydrogen) atoms. The molecule has 0 radical (unpaired) electrons. The number of hydrogen-bond donors (Lipinski definition) is 1. The molecule has 2 heterocycles. The summed E-state index contributed by atoms with van der Waals surface area (Å²) in [6.45, 7) is 6.58. The molecule has 1 atom stereocenters. The summed E-state index contributed by atoms with van der Waals surface area (Å²) in [6.07, 6.45) is 3.93. The summed E-state index contributed by atoms with van der Waals surface area (Å²) >= 11 is 1.22. The maximum Gasteiger partial charge on any atom is 0.296 e. The highest BCUT2D eigenvalue weighted by Crippen LogP contribution is 2.42. The molecule has 0 aliphatic carbocycles. The lowest BCUT2D eigenvalue weighted by Gasteiger charge is -2.24. The molecule has 0 saturated heterocycles. The van der Waals surface area contributed by atoms with Gasteiger partial charge in [-0.15, -0.1) is 10.2 Å². The van der Waals surface area contributed by atoms with E-state index in [0.717, 1.165) is 12.0 Å². The summed E-state index contributed by atoms with van der Waals surface area (Å²) in [5, 5.41) is 19.9. The van der Waals surface area contributed by atoms with Gasteiger partial charge in [-0.1, -0.05) is 73.7 Å². The van der Waals surface area contributed by atoms with Gasteiger partial charge in [0.1, 0.15) is 10.8 Å². The van der Waals surface area contributed by atoms with E-state index in [4.69, 9.17) is 4.74 Å². The predicted octanol–water partition coefficient (Wildman–Crippen LogP) is 5.45. The van der Waals surface area contributed by atoms with Crippen LogP contribution in [0, 0.1) is 12.8 Å². The molecule has 0 saturated carbocycles. The molecule has 1 aliphatic rings. The zero-order valence-electron chi connectivity index (χ0n) is 19.8. The number of aryl methyl sites for hydroxylation is 1. The summed E-state index contributed by atoms with van der Waals surface area (Å²) in [5.74, 6) is -0.603. The van der Waals surface area contributed by atoms with Crippen molar-refractivity contribution in [2.45, 2.75) is 33.2 Å². The van der Waals surface area contributed by atoms with Crippen LogP contribution in [0.4, 0.5) is 5.13 Å². The number of carbonyl (C=O) groups is 2. The fourth-order valence-electron chi connectivity index (χ4n) is 3.77. The lowest BCUT2D eigenvalue weighted by molar-refractivity contribution is -0.117. The molecule has 3 aromatic rings. The fourth-order valence-corrected chi connectivity index (χ4v) is 4.48. The average molecular weight is 490 g/mol. The number of hydrogen-bond acceptors (Lipinski definition) is 7. The fraction of sp³-hybridized carbons (Fsp3) is 0.259. The van der Waals surface area contributed by atoms with Crippen molar-refractivity contribution in [2.24, 2.45) is 5.92 Å². The van der Waals surface area contributed by atoms with Gasteiger partial charge in [0.25, 0.3) is 5.91 Å². The number of rotatable bonds is 9. The summed E-state index contributed by atoms with van der Waals surface area (Å²) in [5.41, 5.74) is 1.46. The first kappa shape index (κ1) is 24.3. The van der Waals surface area contributed by atoms with E-state index in [1.807, 2.05) is 42.5 Å². The van der Waals surface area contributed by atoms with Crippen LogP contribution >= 0.6 is 11.3 Å². The summed E-state index contributed by atoms with van der Waals surface area (Å²) in [4.78, 5) is 27.8. The third-order valence-corrected chi connectivity index (χ3v) is 6.40. The monoisotopic (exact) mass is 489 g/mol. The standard InChI is InChI=1S/C27H27N3O4S/c1-17(2)14-15-34-21-11-7-10-20(16-21)24-23(22(31)13-12-19-8-5-4-6-9-19)25(32)26(33)30(24)27-29-28-18(3)35-27/h4-13,16-17,24,32H,14-15H2,1-3H3. The molecular formula is C27H27N3O4S. The zero-order valence-corrected chi connectivity index (χ0v) is 20.7. The van der Waals surface area contributed by atoms with Gasteiger partial charge in [-0.2, -0.15) is 0 Å². The Morgan fingerprint density at radius 3 is 2.63 bits per heavy atom. The van der Waals surface area contributed by atoms with Crippen LogP contribution in [0.25, 0.3) is 6.08 Å². The van der Waals surface area contributed by atoms with Crippen molar-refractivity contribution >= 4 is 34.2 Å². The first-order chi connectivity index (χ1) is 16.8. The Balaban J connectivity index is 1.72. The number of allylic oxidation sites excluding steroid dienone is 1. The van der Waals surface area contributed by atoms with Gasteiger partial charge in [-0.25, -0.2) is 0 Å². The van der Waals surface area contributed by atoms with Crippen molar-refractivity contribution in [3.8, 4) is 5.75 Å². The molecule has 4 rings (SSSR count). The second-order valence-electron chi connectivity index (χ2n) is 8.66. The normalized spacial score (nSPS) is 16.1. The van der Waals surface area contributed by atoms with E-state index in [2.05, 4.69) is 24.0 Å².